The van der Waals surface area contributed by atoms with Gasteiger partial charge in [0.1, 0.15) is 24.3 Å². The highest BCUT2D eigenvalue weighted by Gasteiger charge is 2.38. The van der Waals surface area contributed by atoms with Gasteiger partial charge < -0.3 is 10.1 Å². The maximum atomic E-state index is 14.1. The van der Waals surface area contributed by atoms with Crippen LogP contribution in [-0.4, -0.2) is 38.3 Å². The van der Waals surface area contributed by atoms with Crippen LogP contribution in [0, 0.1) is 5.82 Å². The lowest BCUT2D eigenvalue weighted by molar-refractivity contribution is 0.178. The minimum Gasteiger partial charge on any atom is -0.447 e. The number of carbonyl (C=O) groups is 1. The fraction of sp³-hybridized carbons (Fsp3) is 0.333. The van der Waals surface area contributed by atoms with Crippen LogP contribution in [0.4, 0.5) is 15.0 Å². The predicted molar refractivity (Wildman–Crippen MR) is 108 cm³/mol. The Morgan fingerprint density at radius 2 is 2.23 bits per heavy atom. The zero-order valence-corrected chi connectivity index (χ0v) is 16.5. The number of aryl methyl sites for hydroxylation is 1. The Bertz CT molecular complexity index is 1160. The van der Waals surface area contributed by atoms with Crippen LogP contribution in [0.1, 0.15) is 42.6 Å². The lowest BCUT2D eigenvalue weighted by Gasteiger charge is -2.23. The van der Waals surface area contributed by atoms with Crippen molar-refractivity contribution in [3.05, 3.63) is 59.9 Å². The summed E-state index contributed by atoms with van der Waals surface area (Å²) in [5, 5.41) is 7.74. The molecule has 1 fully saturated rings. The second-order valence-corrected chi connectivity index (χ2v) is 7.68. The highest BCUT2D eigenvalue weighted by Crippen LogP contribution is 2.34. The SMILES string of the molecule is C=C1N[C@@H](C)CCCc2ncc(F)cc2[C@H]2COC(=O)N2c2ccn3ncc1c3n2. The summed E-state index contributed by atoms with van der Waals surface area (Å²) in [6.07, 6.45) is 6.52. The summed E-state index contributed by atoms with van der Waals surface area (Å²) in [6.45, 7) is 6.35. The summed E-state index contributed by atoms with van der Waals surface area (Å²) >= 11 is 0. The first-order chi connectivity index (χ1) is 14.5. The highest BCUT2D eigenvalue weighted by molar-refractivity contribution is 5.90. The summed E-state index contributed by atoms with van der Waals surface area (Å²) in [4.78, 5) is 23.1. The van der Waals surface area contributed by atoms with Crippen LogP contribution in [0.3, 0.4) is 0 Å². The number of anilines is 1. The van der Waals surface area contributed by atoms with E-state index in [1.165, 1.54) is 17.2 Å². The second kappa shape index (κ2) is 7.08. The molecule has 154 valence electrons. The number of ether oxygens (including phenoxy) is 1. The van der Waals surface area contributed by atoms with Gasteiger partial charge in [0.25, 0.3) is 0 Å². The molecule has 2 atom stereocenters. The summed E-state index contributed by atoms with van der Waals surface area (Å²) in [5.41, 5.74) is 3.47. The molecule has 0 unspecified atom stereocenters. The molecule has 30 heavy (non-hydrogen) atoms. The van der Waals surface area contributed by atoms with Crippen LogP contribution in [0.15, 0.2) is 37.3 Å². The molecule has 1 amide bonds. The van der Waals surface area contributed by atoms with Gasteiger partial charge in [-0.2, -0.15) is 5.10 Å². The van der Waals surface area contributed by atoms with Crippen molar-refractivity contribution in [3.63, 3.8) is 0 Å². The predicted octanol–water partition coefficient (Wildman–Crippen LogP) is 3.25. The molecule has 0 spiro atoms. The van der Waals surface area contributed by atoms with E-state index in [1.807, 2.05) is 0 Å². The third-order valence-electron chi connectivity index (χ3n) is 5.60. The first-order valence-corrected chi connectivity index (χ1v) is 9.92. The number of amides is 1. The van der Waals surface area contributed by atoms with Crippen molar-refractivity contribution in [1.82, 2.24) is 24.9 Å². The van der Waals surface area contributed by atoms with Crippen LogP contribution >= 0.6 is 0 Å². The number of carbonyl (C=O) groups excluding carboxylic acids is 1. The highest BCUT2D eigenvalue weighted by atomic mass is 19.1. The van der Waals surface area contributed by atoms with Gasteiger partial charge in [-0.25, -0.2) is 18.7 Å². The molecule has 9 heteroatoms. The number of nitrogens with one attached hydrogen (secondary N) is 1. The standard InChI is InChI=1S/C21H21FN6O2/c1-12-4-3-5-17-15(8-14(22)9-23-17)18-11-30-21(29)28(18)19-6-7-27-20(26-19)16(10-24-27)13(2)25-12/h6-10,12,18,25H,2-5,11H2,1H3/t12-,18+/m0/s1. The monoisotopic (exact) mass is 408 g/mol. The number of hydrogen-bond donors (Lipinski definition) is 1. The van der Waals surface area contributed by atoms with Crippen LogP contribution in [-0.2, 0) is 11.2 Å². The molecule has 8 nitrogen and oxygen atoms in total. The van der Waals surface area contributed by atoms with Gasteiger partial charge in [-0.15, -0.1) is 0 Å². The summed E-state index contributed by atoms with van der Waals surface area (Å²) in [7, 11) is 0. The Labute approximate surface area is 172 Å². The van der Waals surface area contributed by atoms with E-state index in [2.05, 4.69) is 33.9 Å². The smallest absolute Gasteiger partial charge is 0.416 e. The number of hydrogen-bond acceptors (Lipinski definition) is 6. The maximum Gasteiger partial charge on any atom is 0.416 e. The first-order valence-electron chi connectivity index (χ1n) is 9.92. The fourth-order valence-electron chi connectivity index (χ4n) is 4.11. The second-order valence-electron chi connectivity index (χ2n) is 7.68. The Balaban J connectivity index is 1.69. The molecule has 3 aromatic rings. The van der Waals surface area contributed by atoms with E-state index in [1.54, 1.807) is 23.0 Å². The van der Waals surface area contributed by atoms with E-state index >= 15 is 0 Å². The van der Waals surface area contributed by atoms with Gasteiger partial charge >= 0.3 is 6.09 Å². The lowest BCUT2D eigenvalue weighted by Crippen LogP contribution is -2.30. The molecule has 5 heterocycles. The van der Waals surface area contributed by atoms with Crippen molar-refractivity contribution >= 4 is 23.3 Å². The summed E-state index contributed by atoms with van der Waals surface area (Å²) in [6, 6.07) is 2.81. The number of rotatable bonds is 0. The van der Waals surface area contributed by atoms with Crippen LogP contribution < -0.4 is 10.2 Å². The number of cyclic esters (lactones) is 1. The van der Waals surface area contributed by atoms with Crippen molar-refractivity contribution in [1.29, 1.82) is 0 Å². The zero-order chi connectivity index (χ0) is 20.8. The minimum atomic E-state index is -0.522. The Hall–Kier alpha value is -3.49. The Morgan fingerprint density at radius 3 is 3.10 bits per heavy atom. The molecule has 1 N–H and O–H groups in total. The lowest BCUT2D eigenvalue weighted by atomic mass is 9.99. The number of halogens is 1. The van der Waals surface area contributed by atoms with Crippen molar-refractivity contribution in [3.8, 4) is 0 Å². The molecule has 2 aliphatic rings. The number of nitrogens with zero attached hydrogens (tertiary/aromatic N) is 5. The Kier molecular flexibility index (Phi) is 4.38. The largest absolute Gasteiger partial charge is 0.447 e. The molecule has 1 saturated heterocycles. The molecule has 2 aliphatic heterocycles. The zero-order valence-electron chi connectivity index (χ0n) is 16.5. The maximum absolute atomic E-state index is 14.1. The molecular weight excluding hydrogens is 387 g/mol. The van der Waals surface area contributed by atoms with Gasteiger partial charge in [0.2, 0.25) is 0 Å². The van der Waals surface area contributed by atoms with E-state index in [-0.39, 0.29) is 12.6 Å². The molecule has 0 saturated carbocycles. The van der Waals surface area contributed by atoms with Gasteiger partial charge in [-0.3, -0.25) is 9.88 Å². The van der Waals surface area contributed by atoms with Crippen LogP contribution in [0.25, 0.3) is 11.3 Å². The van der Waals surface area contributed by atoms with E-state index in [0.717, 1.165) is 29.8 Å². The van der Waals surface area contributed by atoms with Crippen molar-refractivity contribution in [2.75, 3.05) is 11.5 Å². The van der Waals surface area contributed by atoms with Gasteiger partial charge in [0, 0.05) is 29.2 Å². The average molecular weight is 408 g/mol. The van der Waals surface area contributed by atoms with Gasteiger partial charge in [0.05, 0.1) is 18.0 Å². The third-order valence-corrected chi connectivity index (χ3v) is 5.60. The third kappa shape index (κ3) is 3.06. The summed E-state index contributed by atoms with van der Waals surface area (Å²) < 4.78 is 21.1. The molecule has 3 aromatic heterocycles. The van der Waals surface area contributed by atoms with Gasteiger partial charge in [-0.1, -0.05) is 6.58 Å². The summed E-state index contributed by atoms with van der Waals surface area (Å²) in [5.74, 6) is -0.0353. The van der Waals surface area contributed by atoms with Crippen molar-refractivity contribution in [2.24, 2.45) is 0 Å². The molecule has 0 radical (unpaired) electrons. The topological polar surface area (TPSA) is 84.7 Å². The van der Waals surface area contributed by atoms with Crippen molar-refractivity contribution < 1.29 is 13.9 Å². The van der Waals surface area contributed by atoms with E-state index in [4.69, 9.17) is 4.74 Å². The quantitative estimate of drug-likeness (QED) is 0.615. The Morgan fingerprint density at radius 1 is 1.37 bits per heavy atom. The van der Waals surface area contributed by atoms with Crippen LogP contribution in [0.2, 0.25) is 0 Å². The first kappa shape index (κ1) is 18.5. The minimum absolute atomic E-state index is 0.112. The molecule has 2 bridgehead atoms. The number of aromatic nitrogens is 4. The average Bonchev–Trinajstić information content (AvgIpc) is 3.31. The van der Waals surface area contributed by atoms with Crippen LogP contribution in [0.5, 0.6) is 0 Å². The molecule has 0 aromatic carbocycles. The molecule has 0 aliphatic carbocycles. The normalized spacial score (nSPS) is 21.7. The molecular formula is C21H21FN6O2. The van der Waals surface area contributed by atoms with Gasteiger partial charge in [0.15, 0.2) is 5.65 Å². The van der Waals surface area contributed by atoms with Crippen molar-refractivity contribution in [2.45, 2.75) is 38.3 Å². The van der Waals surface area contributed by atoms with E-state index in [9.17, 15) is 9.18 Å². The molecule has 5 rings (SSSR count). The fourth-order valence-corrected chi connectivity index (χ4v) is 4.11. The number of fused-ring (bicyclic) bond motifs is 5. The number of pyridine rings is 1. The van der Waals surface area contributed by atoms with E-state index in [0.29, 0.717) is 23.4 Å². The van der Waals surface area contributed by atoms with E-state index < -0.39 is 18.0 Å². The van der Waals surface area contributed by atoms with Gasteiger partial charge in [-0.05, 0) is 38.3 Å².